The van der Waals surface area contributed by atoms with Crippen LogP contribution in [0.15, 0.2) is 64.5 Å². The van der Waals surface area contributed by atoms with Gasteiger partial charge in [-0.1, -0.05) is 63.7 Å². The number of hydrogen-bond donors (Lipinski definition) is 2. The maximum atomic E-state index is 11.8. The lowest BCUT2D eigenvalue weighted by atomic mass is 10.2. The van der Waals surface area contributed by atoms with E-state index in [1.165, 1.54) is 0 Å². The summed E-state index contributed by atoms with van der Waals surface area (Å²) in [6, 6.07) is 11.3. The second-order valence-corrected chi connectivity index (χ2v) is 9.51. The van der Waals surface area contributed by atoms with Crippen molar-refractivity contribution in [3.63, 3.8) is 0 Å². The summed E-state index contributed by atoms with van der Waals surface area (Å²) in [5.41, 5.74) is 6.57. The van der Waals surface area contributed by atoms with Crippen LogP contribution in [0.4, 0.5) is 0 Å². The molecule has 0 fully saturated rings. The van der Waals surface area contributed by atoms with Gasteiger partial charge in [0.2, 0.25) is 11.8 Å². The molecule has 10 heteroatoms. The fourth-order valence-corrected chi connectivity index (χ4v) is 4.84. The summed E-state index contributed by atoms with van der Waals surface area (Å²) in [5.74, 6) is -0.517. The largest absolute Gasteiger partial charge is 0.273 e. The highest BCUT2D eigenvalue weighted by molar-refractivity contribution is 9.11. The lowest BCUT2D eigenvalue weighted by Crippen LogP contribution is -2.20. The Balaban J connectivity index is 1.68. The topological polar surface area (TPSA) is 82.9 Å². The Morgan fingerprint density at radius 1 is 0.690 bits per heavy atom. The van der Waals surface area contributed by atoms with Crippen molar-refractivity contribution in [1.82, 2.24) is 10.9 Å². The molecule has 2 amide bonds. The number of rotatable bonds is 8. The van der Waals surface area contributed by atoms with Gasteiger partial charge in [0.05, 0.1) is 12.4 Å². The van der Waals surface area contributed by atoms with Gasteiger partial charge in [-0.3, -0.25) is 9.59 Å². The zero-order chi connectivity index (χ0) is 21.2. The standard InChI is InChI=1S/C19H16Br4N4O2/c20-14-4-12(5-15(21)8-14)10-24-26-18(28)2-1-3-19(29)27-25-11-13-6-16(22)9-17(23)7-13/h4-11H,1-3H2,(H,26,28)(H,27,29)/b24-10-,25-11-. The Morgan fingerprint density at radius 3 is 1.38 bits per heavy atom. The maximum Gasteiger partial charge on any atom is 0.240 e. The first-order chi connectivity index (χ1) is 13.8. The lowest BCUT2D eigenvalue weighted by molar-refractivity contribution is -0.122. The number of carbonyl (C=O) groups is 2. The van der Waals surface area contributed by atoms with Gasteiger partial charge in [-0.2, -0.15) is 10.2 Å². The third kappa shape index (κ3) is 9.79. The smallest absolute Gasteiger partial charge is 0.240 e. The van der Waals surface area contributed by atoms with Crippen molar-refractivity contribution < 1.29 is 9.59 Å². The minimum Gasteiger partial charge on any atom is -0.273 e. The predicted octanol–water partition coefficient (Wildman–Crippen LogP) is 5.51. The molecule has 0 aliphatic carbocycles. The zero-order valence-corrected chi connectivity index (χ0v) is 21.3. The fraction of sp³-hybridized carbons (Fsp3) is 0.158. The van der Waals surface area contributed by atoms with Gasteiger partial charge in [-0.25, -0.2) is 10.9 Å². The van der Waals surface area contributed by atoms with Gasteiger partial charge < -0.3 is 0 Å². The van der Waals surface area contributed by atoms with Crippen LogP contribution in [0.25, 0.3) is 0 Å². The monoisotopic (exact) mass is 648 g/mol. The molecule has 0 saturated carbocycles. The fourth-order valence-electron chi connectivity index (χ4n) is 2.18. The third-order valence-electron chi connectivity index (χ3n) is 3.38. The van der Waals surface area contributed by atoms with Gasteiger partial charge in [0.1, 0.15) is 0 Å². The molecule has 152 valence electrons. The van der Waals surface area contributed by atoms with Gasteiger partial charge in [-0.05, 0) is 53.9 Å². The maximum absolute atomic E-state index is 11.8. The molecule has 0 aliphatic rings. The molecule has 0 aliphatic heterocycles. The molecular formula is C19H16Br4N4O2. The summed E-state index contributed by atoms with van der Waals surface area (Å²) < 4.78 is 3.61. The van der Waals surface area contributed by atoms with Crippen LogP contribution in [0.1, 0.15) is 30.4 Å². The minimum absolute atomic E-state index is 0.190. The highest BCUT2D eigenvalue weighted by Crippen LogP contribution is 2.19. The molecular weight excluding hydrogens is 636 g/mol. The molecule has 29 heavy (non-hydrogen) atoms. The van der Waals surface area contributed by atoms with Crippen LogP contribution >= 0.6 is 63.7 Å². The normalized spacial score (nSPS) is 11.2. The van der Waals surface area contributed by atoms with Crippen molar-refractivity contribution in [2.24, 2.45) is 10.2 Å². The number of hydrogen-bond acceptors (Lipinski definition) is 4. The number of hydrazone groups is 2. The van der Waals surface area contributed by atoms with E-state index >= 15 is 0 Å². The Morgan fingerprint density at radius 2 is 1.03 bits per heavy atom. The van der Waals surface area contributed by atoms with Gasteiger partial charge >= 0.3 is 0 Å². The molecule has 0 spiro atoms. The molecule has 0 aromatic heterocycles. The molecule has 2 aromatic rings. The van der Waals surface area contributed by atoms with E-state index in [4.69, 9.17) is 0 Å². The van der Waals surface area contributed by atoms with Crippen molar-refractivity contribution in [2.75, 3.05) is 0 Å². The third-order valence-corrected chi connectivity index (χ3v) is 5.21. The van der Waals surface area contributed by atoms with Crippen molar-refractivity contribution in [3.05, 3.63) is 65.4 Å². The Labute approximate surface area is 202 Å². The van der Waals surface area contributed by atoms with Crippen LogP contribution in [0.2, 0.25) is 0 Å². The van der Waals surface area contributed by atoms with E-state index in [9.17, 15) is 9.59 Å². The number of nitrogens with one attached hydrogen (secondary N) is 2. The Kier molecular flexibility index (Phi) is 10.2. The Hall–Kier alpha value is -1.36. The van der Waals surface area contributed by atoms with E-state index in [0.717, 1.165) is 29.0 Å². The van der Waals surface area contributed by atoms with Crippen molar-refractivity contribution in [2.45, 2.75) is 19.3 Å². The first kappa shape index (κ1) is 23.9. The van der Waals surface area contributed by atoms with Crippen molar-refractivity contribution in [3.8, 4) is 0 Å². The molecule has 0 bridgehead atoms. The summed E-state index contributed by atoms with van der Waals surface area (Å²) in [6.45, 7) is 0. The highest BCUT2D eigenvalue weighted by Gasteiger charge is 2.04. The molecule has 2 aromatic carbocycles. The van der Waals surface area contributed by atoms with E-state index in [0.29, 0.717) is 6.42 Å². The van der Waals surface area contributed by atoms with E-state index in [1.807, 2.05) is 36.4 Å². The molecule has 2 N–H and O–H groups in total. The summed E-state index contributed by atoms with van der Waals surface area (Å²) in [5, 5.41) is 7.84. The SMILES string of the molecule is O=C(CCCC(=O)N/N=C\c1cc(Br)cc(Br)c1)N/N=C\c1cc(Br)cc(Br)c1. The zero-order valence-electron chi connectivity index (χ0n) is 15.0. The van der Waals surface area contributed by atoms with Crippen LogP contribution in [0, 0.1) is 0 Å². The summed E-state index contributed by atoms with van der Waals surface area (Å²) >= 11 is 13.6. The van der Waals surface area contributed by atoms with E-state index in [2.05, 4.69) is 84.8 Å². The average molecular weight is 652 g/mol. The average Bonchev–Trinajstić information content (AvgIpc) is 2.60. The van der Waals surface area contributed by atoms with E-state index < -0.39 is 0 Å². The van der Waals surface area contributed by atoms with Crippen LogP contribution in [0.5, 0.6) is 0 Å². The minimum atomic E-state index is -0.259. The molecule has 0 atom stereocenters. The van der Waals surface area contributed by atoms with Crippen LogP contribution in [-0.2, 0) is 9.59 Å². The van der Waals surface area contributed by atoms with Crippen molar-refractivity contribution >= 4 is 88.0 Å². The lowest BCUT2D eigenvalue weighted by Gasteiger charge is -2.01. The second-order valence-electron chi connectivity index (χ2n) is 5.85. The first-order valence-electron chi connectivity index (χ1n) is 8.38. The molecule has 6 nitrogen and oxygen atoms in total. The number of benzene rings is 2. The van der Waals surface area contributed by atoms with Crippen LogP contribution < -0.4 is 10.9 Å². The van der Waals surface area contributed by atoms with Gasteiger partial charge in [0.25, 0.3) is 0 Å². The van der Waals surface area contributed by atoms with Gasteiger partial charge in [0.15, 0.2) is 0 Å². The summed E-state index contributed by atoms with van der Waals surface area (Å²) in [6.07, 6.45) is 3.88. The molecule has 2 rings (SSSR count). The van der Waals surface area contributed by atoms with Gasteiger partial charge in [0, 0.05) is 30.7 Å². The van der Waals surface area contributed by atoms with Gasteiger partial charge in [-0.15, -0.1) is 0 Å². The first-order valence-corrected chi connectivity index (χ1v) is 11.5. The summed E-state index contributed by atoms with van der Waals surface area (Å²) in [7, 11) is 0. The molecule has 0 radical (unpaired) electrons. The quantitative estimate of drug-likeness (QED) is 0.292. The van der Waals surface area contributed by atoms with E-state index in [-0.39, 0.29) is 24.7 Å². The molecule has 0 unspecified atom stereocenters. The van der Waals surface area contributed by atoms with Crippen LogP contribution in [0.3, 0.4) is 0 Å². The predicted molar refractivity (Wildman–Crippen MR) is 129 cm³/mol. The molecule has 0 saturated heterocycles. The van der Waals surface area contributed by atoms with Crippen LogP contribution in [-0.4, -0.2) is 24.2 Å². The van der Waals surface area contributed by atoms with E-state index in [1.54, 1.807) is 12.4 Å². The number of nitrogens with zero attached hydrogens (tertiary/aromatic N) is 2. The number of carbonyl (C=O) groups excluding carboxylic acids is 2. The summed E-state index contributed by atoms with van der Waals surface area (Å²) in [4.78, 5) is 23.6. The Bertz CT molecular complexity index is 832. The number of amides is 2. The molecule has 0 heterocycles. The second kappa shape index (κ2) is 12.4. The number of halogens is 4. The van der Waals surface area contributed by atoms with Crippen molar-refractivity contribution in [1.29, 1.82) is 0 Å². The highest BCUT2D eigenvalue weighted by atomic mass is 79.9.